The van der Waals surface area contributed by atoms with Crippen molar-refractivity contribution in [2.24, 2.45) is 0 Å². The molecule has 0 aliphatic carbocycles. The Kier molecular flexibility index (Phi) is 4.85. The maximum absolute atomic E-state index is 12.1. The van der Waals surface area contributed by atoms with Crippen LogP contribution in [0, 0.1) is 6.92 Å². The zero-order valence-corrected chi connectivity index (χ0v) is 12.4. The fourth-order valence-corrected chi connectivity index (χ4v) is 2.37. The Hall–Kier alpha value is -2.02. The average Bonchev–Trinajstić information content (AvgIpc) is 2.86. The number of nitrogens with zero attached hydrogens (tertiary/aromatic N) is 2. The number of amides is 1. The van der Waals surface area contributed by atoms with Crippen LogP contribution in [-0.4, -0.2) is 29.5 Å². The maximum atomic E-state index is 12.1. The summed E-state index contributed by atoms with van der Waals surface area (Å²) >= 11 is 1.42. The Labute approximate surface area is 125 Å². The van der Waals surface area contributed by atoms with Gasteiger partial charge in [0, 0.05) is 19.0 Å². The van der Waals surface area contributed by atoms with Crippen molar-refractivity contribution in [1.82, 2.24) is 9.88 Å². The summed E-state index contributed by atoms with van der Waals surface area (Å²) in [4.78, 5) is 17.8. The fraction of sp³-hybridized carbons (Fsp3) is 0.286. The van der Waals surface area contributed by atoms with Crippen molar-refractivity contribution in [3.8, 4) is 5.75 Å². The van der Waals surface area contributed by atoms with Gasteiger partial charge < -0.3 is 9.64 Å². The first-order valence-corrected chi connectivity index (χ1v) is 7.05. The van der Waals surface area contributed by atoms with Crippen LogP contribution in [0.5, 0.6) is 5.75 Å². The standard InChI is InChI=1S/C14H14F2N2O2S/c1-9-17-12(8-21-9)13(19)18(2)7-10-3-5-11(6-4-10)20-14(15)16/h3-6,8,14H,7H2,1-2H3. The van der Waals surface area contributed by atoms with E-state index in [1.807, 2.05) is 6.92 Å². The average molecular weight is 312 g/mol. The van der Waals surface area contributed by atoms with Gasteiger partial charge in [-0.1, -0.05) is 12.1 Å². The van der Waals surface area contributed by atoms with Crippen LogP contribution in [0.3, 0.4) is 0 Å². The Balaban J connectivity index is 1.99. The minimum atomic E-state index is -2.84. The van der Waals surface area contributed by atoms with Crippen molar-refractivity contribution >= 4 is 17.2 Å². The lowest BCUT2D eigenvalue weighted by Gasteiger charge is -2.16. The van der Waals surface area contributed by atoms with E-state index in [9.17, 15) is 13.6 Å². The van der Waals surface area contributed by atoms with Crippen LogP contribution in [0.4, 0.5) is 8.78 Å². The van der Waals surface area contributed by atoms with E-state index >= 15 is 0 Å². The number of aromatic nitrogens is 1. The van der Waals surface area contributed by atoms with Crippen molar-refractivity contribution in [1.29, 1.82) is 0 Å². The number of halogens is 2. The number of aryl methyl sites for hydroxylation is 1. The molecule has 7 heteroatoms. The maximum Gasteiger partial charge on any atom is 0.387 e. The van der Waals surface area contributed by atoms with Crippen LogP contribution in [0.25, 0.3) is 0 Å². The van der Waals surface area contributed by atoms with Gasteiger partial charge in [-0.3, -0.25) is 4.79 Å². The van der Waals surface area contributed by atoms with Crippen LogP contribution < -0.4 is 4.74 Å². The normalized spacial score (nSPS) is 10.7. The molecule has 21 heavy (non-hydrogen) atoms. The van der Waals surface area contributed by atoms with E-state index in [2.05, 4.69) is 9.72 Å². The third kappa shape index (κ3) is 4.22. The molecule has 2 aromatic rings. The lowest BCUT2D eigenvalue weighted by molar-refractivity contribution is -0.0498. The summed E-state index contributed by atoms with van der Waals surface area (Å²) in [5.41, 5.74) is 1.23. The molecule has 112 valence electrons. The first-order chi connectivity index (χ1) is 9.95. The lowest BCUT2D eigenvalue weighted by Crippen LogP contribution is -2.26. The Morgan fingerprint density at radius 3 is 2.57 bits per heavy atom. The molecule has 2 rings (SSSR count). The minimum Gasteiger partial charge on any atom is -0.435 e. The second-order valence-corrected chi connectivity index (χ2v) is 5.50. The topological polar surface area (TPSA) is 42.4 Å². The molecular formula is C14H14F2N2O2S. The van der Waals surface area contributed by atoms with Gasteiger partial charge in [0.05, 0.1) is 5.01 Å². The second kappa shape index (κ2) is 6.62. The number of rotatable bonds is 5. The highest BCUT2D eigenvalue weighted by atomic mass is 32.1. The smallest absolute Gasteiger partial charge is 0.387 e. The summed E-state index contributed by atoms with van der Waals surface area (Å²) in [5, 5.41) is 2.55. The summed E-state index contributed by atoms with van der Waals surface area (Å²) < 4.78 is 28.4. The van der Waals surface area contributed by atoms with Crippen molar-refractivity contribution in [3.63, 3.8) is 0 Å². The molecule has 0 radical (unpaired) electrons. The molecule has 0 aliphatic heterocycles. The van der Waals surface area contributed by atoms with Gasteiger partial charge in [0.1, 0.15) is 11.4 Å². The number of thiazole rings is 1. The van der Waals surface area contributed by atoms with Gasteiger partial charge >= 0.3 is 6.61 Å². The number of carbonyl (C=O) groups excluding carboxylic acids is 1. The molecule has 1 heterocycles. The molecule has 1 aromatic carbocycles. The quantitative estimate of drug-likeness (QED) is 0.850. The molecule has 0 unspecified atom stereocenters. The lowest BCUT2D eigenvalue weighted by atomic mass is 10.2. The molecule has 0 spiro atoms. The molecule has 0 bridgehead atoms. The van der Waals surface area contributed by atoms with Crippen LogP contribution in [-0.2, 0) is 6.54 Å². The molecule has 0 atom stereocenters. The van der Waals surface area contributed by atoms with Crippen molar-refractivity contribution < 1.29 is 18.3 Å². The Morgan fingerprint density at radius 2 is 2.05 bits per heavy atom. The number of hydrogen-bond donors (Lipinski definition) is 0. The van der Waals surface area contributed by atoms with Gasteiger partial charge in [0.25, 0.3) is 5.91 Å². The first kappa shape index (κ1) is 15.4. The van der Waals surface area contributed by atoms with E-state index in [1.54, 1.807) is 24.6 Å². The molecule has 0 saturated heterocycles. The summed E-state index contributed by atoms with van der Waals surface area (Å²) in [6.07, 6.45) is 0. The van der Waals surface area contributed by atoms with E-state index in [1.165, 1.54) is 28.4 Å². The van der Waals surface area contributed by atoms with Crippen molar-refractivity contribution in [2.75, 3.05) is 7.05 Å². The second-order valence-electron chi connectivity index (χ2n) is 4.44. The fourth-order valence-electron chi connectivity index (χ4n) is 1.78. The SMILES string of the molecule is Cc1nc(C(=O)N(C)Cc2ccc(OC(F)F)cc2)cs1. The molecule has 0 saturated carbocycles. The third-order valence-corrected chi connectivity index (χ3v) is 3.53. The number of carbonyl (C=O) groups is 1. The molecule has 0 aliphatic rings. The Morgan fingerprint density at radius 1 is 1.38 bits per heavy atom. The predicted molar refractivity (Wildman–Crippen MR) is 75.7 cm³/mol. The predicted octanol–water partition coefficient (Wildman–Crippen LogP) is 3.33. The van der Waals surface area contributed by atoms with Gasteiger partial charge in [-0.2, -0.15) is 8.78 Å². The zero-order chi connectivity index (χ0) is 15.4. The molecule has 0 N–H and O–H groups in total. The van der Waals surface area contributed by atoms with E-state index in [0.29, 0.717) is 12.2 Å². The van der Waals surface area contributed by atoms with E-state index in [0.717, 1.165) is 10.6 Å². The molecule has 1 amide bonds. The number of hydrogen-bond acceptors (Lipinski definition) is 4. The number of benzene rings is 1. The van der Waals surface area contributed by atoms with Crippen LogP contribution in [0.2, 0.25) is 0 Å². The van der Waals surface area contributed by atoms with Crippen LogP contribution >= 0.6 is 11.3 Å². The van der Waals surface area contributed by atoms with E-state index < -0.39 is 6.61 Å². The van der Waals surface area contributed by atoms with Gasteiger partial charge in [-0.15, -0.1) is 11.3 Å². The highest BCUT2D eigenvalue weighted by Crippen LogP contribution is 2.17. The van der Waals surface area contributed by atoms with Gasteiger partial charge in [0.2, 0.25) is 0 Å². The highest BCUT2D eigenvalue weighted by Gasteiger charge is 2.15. The van der Waals surface area contributed by atoms with Crippen molar-refractivity contribution in [2.45, 2.75) is 20.1 Å². The van der Waals surface area contributed by atoms with Gasteiger partial charge in [-0.05, 0) is 24.6 Å². The molecule has 0 fully saturated rings. The van der Waals surface area contributed by atoms with E-state index in [-0.39, 0.29) is 11.7 Å². The third-order valence-electron chi connectivity index (χ3n) is 2.75. The summed E-state index contributed by atoms with van der Waals surface area (Å²) in [7, 11) is 1.67. The largest absolute Gasteiger partial charge is 0.435 e. The summed E-state index contributed by atoms with van der Waals surface area (Å²) in [6, 6.07) is 6.20. The minimum absolute atomic E-state index is 0.0952. The Bertz CT molecular complexity index is 614. The number of ether oxygens (including phenoxy) is 1. The van der Waals surface area contributed by atoms with Crippen LogP contribution in [0.1, 0.15) is 21.1 Å². The number of alkyl halides is 2. The first-order valence-electron chi connectivity index (χ1n) is 6.17. The monoisotopic (exact) mass is 312 g/mol. The molecule has 1 aromatic heterocycles. The van der Waals surface area contributed by atoms with Gasteiger partial charge in [0.15, 0.2) is 0 Å². The van der Waals surface area contributed by atoms with E-state index in [4.69, 9.17) is 0 Å². The summed E-state index contributed by atoms with van der Waals surface area (Å²) in [6.45, 7) is -0.638. The zero-order valence-electron chi connectivity index (χ0n) is 11.5. The van der Waals surface area contributed by atoms with Crippen LogP contribution in [0.15, 0.2) is 29.6 Å². The highest BCUT2D eigenvalue weighted by molar-refractivity contribution is 7.09. The van der Waals surface area contributed by atoms with Crippen molar-refractivity contribution in [3.05, 3.63) is 45.9 Å². The molecular weight excluding hydrogens is 298 g/mol. The molecule has 4 nitrogen and oxygen atoms in total. The summed E-state index contributed by atoms with van der Waals surface area (Å²) in [5.74, 6) is -0.0786. The van der Waals surface area contributed by atoms with Gasteiger partial charge in [-0.25, -0.2) is 4.98 Å².